The smallest absolute Gasteiger partial charge is 0.127 e. The Morgan fingerprint density at radius 2 is 1.83 bits per heavy atom. The van der Waals surface area contributed by atoms with Gasteiger partial charge in [-0.25, -0.2) is 0 Å². The molecule has 2 nitrogen and oxygen atoms in total. The summed E-state index contributed by atoms with van der Waals surface area (Å²) < 4.78 is 5.93. The molecule has 0 aliphatic carbocycles. The summed E-state index contributed by atoms with van der Waals surface area (Å²) in [6.07, 6.45) is 2.40. The highest BCUT2D eigenvalue weighted by atomic mass is 16.5. The molecule has 2 rings (SSSR count). The topological polar surface area (TPSA) is 35.2 Å². The van der Waals surface area contributed by atoms with Crippen LogP contribution in [0.1, 0.15) is 26.7 Å². The third-order valence-corrected chi connectivity index (χ3v) is 3.22. The van der Waals surface area contributed by atoms with E-state index in [2.05, 4.69) is 19.9 Å². The van der Waals surface area contributed by atoms with Gasteiger partial charge in [-0.3, -0.25) is 0 Å². The van der Waals surface area contributed by atoms with Gasteiger partial charge in [0, 0.05) is 16.5 Å². The van der Waals surface area contributed by atoms with Crippen LogP contribution in [0.15, 0.2) is 36.4 Å². The molecule has 1 unspecified atom stereocenters. The first kappa shape index (κ1) is 12.7. The number of hydrogen-bond donors (Lipinski definition) is 1. The van der Waals surface area contributed by atoms with E-state index in [0.29, 0.717) is 5.92 Å². The summed E-state index contributed by atoms with van der Waals surface area (Å²) in [5, 5.41) is 2.17. The summed E-state index contributed by atoms with van der Waals surface area (Å²) in [4.78, 5) is 0. The van der Waals surface area contributed by atoms with Gasteiger partial charge >= 0.3 is 0 Å². The van der Waals surface area contributed by atoms with E-state index >= 15 is 0 Å². The number of hydrogen-bond acceptors (Lipinski definition) is 2. The Hall–Kier alpha value is -1.70. The Labute approximate surface area is 109 Å². The van der Waals surface area contributed by atoms with Crippen LogP contribution in [0.2, 0.25) is 0 Å². The number of benzene rings is 2. The zero-order chi connectivity index (χ0) is 13.0. The second kappa shape index (κ2) is 5.76. The average molecular weight is 243 g/mol. The van der Waals surface area contributed by atoms with Gasteiger partial charge in [0.05, 0.1) is 6.61 Å². The minimum atomic E-state index is 0.589. The van der Waals surface area contributed by atoms with Gasteiger partial charge in [0.15, 0.2) is 0 Å². The molecule has 0 heterocycles. The molecule has 2 N–H and O–H groups in total. The molecular weight excluding hydrogens is 222 g/mol. The first-order valence-electron chi connectivity index (χ1n) is 6.62. The second-order valence-corrected chi connectivity index (χ2v) is 4.90. The third-order valence-electron chi connectivity index (χ3n) is 3.22. The van der Waals surface area contributed by atoms with E-state index in [-0.39, 0.29) is 0 Å². The van der Waals surface area contributed by atoms with Gasteiger partial charge in [0.25, 0.3) is 0 Å². The van der Waals surface area contributed by atoms with E-state index in [4.69, 9.17) is 10.5 Å². The first-order chi connectivity index (χ1) is 8.72. The molecule has 0 radical (unpaired) electrons. The van der Waals surface area contributed by atoms with Crippen molar-refractivity contribution in [3.63, 3.8) is 0 Å². The third kappa shape index (κ3) is 2.76. The standard InChI is InChI=1S/C16H21NO/c1-3-6-12(2)11-18-16-10-9-15(17)13-7-4-5-8-14(13)16/h4-5,7-10,12H,3,6,11,17H2,1-2H3. The summed E-state index contributed by atoms with van der Waals surface area (Å²) in [5.41, 5.74) is 6.78. The van der Waals surface area contributed by atoms with Gasteiger partial charge in [0.2, 0.25) is 0 Å². The Morgan fingerprint density at radius 3 is 2.56 bits per heavy atom. The molecule has 18 heavy (non-hydrogen) atoms. The Kier molecular flexibility index (Phi) is 4.08. The predicted octanol–water partition coefficient (Wildman–Crippen LogP) is 4.24. The van der Waals surface area contributed by atoms with Crippen molar-refractivity contribution in [2.24, 2.45) is 5.92 Å². The van der Waals surface area contributed by atoms with Gasteiger partial charge in [0.1, 0.15) is 5.75 Å². The lowest BCUT2D eigenvalue weighted by molar-refractivity contribution is 0.254. The second-order valence-electron chi connectivity index (χ2n) is 4.90. The lowest BCUT2D eigenvalue weighted by Gasteiger charge is -2.14. The molecule has 96 valence electrons. The minimum absolute atomic E-state index is 0.589. The van der Waals surface area contributed by atoms with Crippen molar-refractivity contribution in [2.75, 3.05) is 12.3 Å². The maximum absolute atomic E-state index is 5.97. The Bertz CT molecular complexity index is 521. The van der Waals surface area contributed by atoms with Crippen molar-refractivity contribution in [3.05, 3.63) is 36.4 Å². The van der Waals surface area contributed by atoms with E-state index in [1.807, 2.05) is 30.3 Å². The maximum Gasteiger partial charge on any atom is 0.127 e. The van der Waals surface area contributed by atoms with Crippen molar-refractivity contribution in [2.45, 2.75) is 26.7 Å². The van der Waals surface area contributed by atoms with Gasteiger partial charge < -0.3 is 10.5 Å². The van der Waals surface area contributed by atoms with Crippen LogP contribution in [0.4, 0.5) is 5.69 Å². The Morgan fingerprint density at radius 1 is 1.11 bits per heavy atom. The van der Waals surface area contributed by atoms with Crippen LogP contribution >= 0.6 is 0 Å². The lowest BCUT2D eigenvalue weighted by atomic mass is 10.1. The highest BCUT2D eigenvalue weighted by Gasteiger charge is 2.06. The fourth-order valence-electron chi connectivity index (χ4n) is 2.23. The van der Waals surface area contributed by atoms with Crippen LogP contribution in [0, 0.1) is 5.92 Å². The highest BCUT2D eigenvalue weighted by molar-refractivity contribution is 5.96. The lowest BCUT2D eigenvalue weighted by Crippen LogP contribution is -2.08. The summed E-state index contributed by atoms with van der Waals surface area (Å²) in [6, 6.07) is 12.0. The van der Waals surface area contributed by atoms with Crippen LogP contribution in [0.5, 0.6) is 5.75 Å². The average Bonchev–Trinajstić information content (AvgIpc) is 2.39. The molecule has 2 aromatic rings. The molecule has 0 bridgehead atoms. The zero-order valence-electron chi connectivity index (χ0n) is 11.1. The SMILES string of the molecule is CCCC(C)COc1ccc(N)c2ccccc12. The Balaban J connectivity index is 2.21. The summed E-state index contributed by atoms with van der Waals surface area (Å²) >= 11 is 0. The molecule has 1 atom stereocenters. The molecule has 0 fully saturated rings. The van der Waals surface area contributed by atoms with E-state index in [1.54, 1.807) is 0 Å². The number of anilines is 1. The predicted molar refractivity (Wildman–Crippen MR) is 77.9 cm³/mol. The molecule has 0 spiro atoms. The zero-order valence-corrected chi connectivity index (χ0v) is 11.1. The number of nitrogens with two attached hydrogens (primary N) is 1. The van der Waals surface area contributed by atoms with E-state index in [0.717, 1.165) is 28.8 Å². The summed E-state index contributed by atoms with van der Waals surface area (Å²) in [5.74, 6) is 1.52. The molecule has 0 aliphatic heterocycles. The van der Waals surface area contributed by atoms with Crippen molar-refractivity contribution in [1.29, 1.82) is 0 Å². The summed E-state index contributed by atoms with van der Waals surface area (Å²) in [6.45, 7) is 5.19. The quantitative estimate of drug-likeness (QED) is 0.797. The maximum atomic E-state index is 5.97. The normalized spacial score (nSPS) is 12.6. The fraction of sp³-hybridized carbons (Fsp3) is 0.375. The molecule has 0 amide bonds. The van der Waals surface area contributed by atoms with Crippen molar-refractivity contribution < 1.29 is 4.74 Å². The number of fused-ring (bicyclic) bond motifs is 1. The van der Waals surface area contributed by atoms with Crippen molar-refractivity contribution in [3.8, 4) is 5.75 Å². The van der Waals surface area contributed by atoms with E-state index < -0.39 is 0 Å². The van der Waals surface area contributed by atoms with Crippen LogP contribution in [-0.4, -0.2) is 6.61 Å². The van der Waals surface area contributed by atoms with Crippen LogP contribution in [0.25, 0.3) is 10.8 Å². The van der Waals surface area contributed by atoms with Crippen LogP contribution in [0.3, 0.4) is 0 Å². The van der Waals surface area contributed by atoms with E-state index in [9.17, 15) is 0 Å². The monoisotopic (exact) mass is 243 g/mol. The van der Waals surface area contributed by atoms with Crippen molar-refractivity contribution in [1.82, 2.24) is 0 Å². The fourth-order valence-corrected chi connectivity index (χ4v) is 2.23. The minimum Gasteiger partial charge on any atom is -0.493 e. The molecule has 0 saturated carbocycles. The van der Waals surface area contributed by atoms with E-state index in [1.165, 1.54) is 12.8 Å². The van der Waals surface area contributed by atoms with Gasteiger partial charge in [-0.05, 0) is 24.5 Å². The molecule has 2 heteroatoms. The molecule has 0 aromatic heterocycles. The van der Waals surface area contributed by atoms with Gasteiger partial charge in [-0.15, -0.1) is 0 Å². The van der Waals surface area contributed by atoms with Gasteiger partial charge in [-0.2, -0.15) is 0 Å². The molecular formula is C16H21NO. The van der Waals surface area contributed by atoms with Crippen LogP contribution in [-0.2, 0) is 0 Å². The first-order valence-corrected chi connectivity index (χ1v) is 6.62. The number of ether oxygens (including phenoxy) is 1. The van der Waals surface area contributed by atoms with Gasteiger partial charge in [-0.1, -0.05) is 44.5 Å². The summed E-state index contributed by atoms with van der Waals surface area (Å²) in [7, 11) is 0. The highest BCUT2D eigenvalue weighted by Crippen LogP contribution is 2.30. The number of nitrogen functional groups attached to an aromatic ring is 1. The van der Waals surface area contributed by atoms with Crippen molar-refractivity contribution >= 4 is 16.5 Å². The number of rotatable bonds is 5. The van der Waals surface area contributed by atoms with Crippen LogP contribution < -0.4 is 10.5 Å². The molecule has 0 saturated heterocycles. The molecule has 0 aliphatic rings. The largest absolute Gasteiger partial charge is 0.493 e. The molecule has 2 aromatic carbocycles.